The maximum absolute atomic E-state index is 12.8. The first-order chi connectivity index (χ1) is 11.6. The summed E-state index contributed by atoms with van der Waals surface area (Å²) in [7, 11) is 1.58. The molecule has 24 heavy (non-hydrogen) atoms. The molecule has 0 N–H and O–H groups in total. The highest BCUT2D eigenvalue weighted by atomic mass is 16.5. The van der Waals surface area contributed by atoms with Crippen LogP contribution < -0.4 is 4.90 Å². The zero-order valence-electron chi connectivity index (χ0n) is 13.4. The number of hydrogen-bond acceptors (Lipinski definition) is 4. The fraction of sp³-hybridized carbons (Fsp3) is 0.471. The maximum atomic E-state index is 12.8. The minimum absolute atomic E-state index is 0.106. The summed E-state index contributed by atoms with van der Waals surface area (Å²) < 4.78 is 5.26. The fourth-order valence-electron chi connectivity index (χ4n) is 3.86. The van der Waals surface area contributed by atoms with Gasteiger partial charge in [-0.2, -0.15) is 0 Å². The summed E-state index contributed by atoms with van der Waals surface area (Å²) in [6, 6.07) is 7.78. The SMILES string of the molecule is CO[C@@H]1C[C@@H]2C(=O)N([C@H]3CCN(c4ccccc4)C3=O)C(=O)N2C1. The Kier molecular flexibility index (Phi) is 3.53. The lowest BCUT2D eigenvalue weighted by Gasteiger charge is -2.23. The number of anilines is 1. The van der Waals surface area contributed by atoms with Crippen LogP contribution in [0.3, 0.4) is 0 Å². The van der Waals surface area contributed by atoms with Crippen molar-refractivity contribution in [2.75, 3.05) is 25.1 Å². The molecule has 126 valence electrons. The van der Waals surface area contributed by atoms with Gasteiger partial charge in [-0.05, 0) is 18.6 Å². The van der Waals surface area contributed by atoms with E-state index < -0.39 is 12.1 Å². The summed E-state index contributed by atoms with van der Waals surface area (Å²) in [5.41, 5.74) is 0.795. The van der Waals surface area contributed by atoms with E-state index in [0.29, 0.717) is 25.9 Å². The Morgan fingerprint density at radius 1 is 1.04 bits per heavy atom. The normalized spacial score (nSPS) is 29.8. The molecule has 0 aliphatic carbocycles. The van der Waals surface area contributed by atoms with E-state index >= 15 is 0 Å². The molecular weight excluding hydrogens is 310 g/mol. The second-order valence-electron chi connectivity index (χ2n) is 6.38. The molecule has 3 heterocycles. The van der Waals surface area contributed by atoms with Crippen molar-refractivity contribution in [3.05, 3.63) is 30.3 Å². The monoisotopic (exact) mass is 329 g/mol. The summed E-state index contributed by atoms with van der Waals surface area (Å²) in [6.07, 6.45) is 0.866. The van der Waals surface area contributed by atoms with Crippen LogP contribution in [0.25, 0.3) is 0 Å². The van der Waals surface area contributed by atoms with E-state index in [1.807, 2.05) is 30.3 Å². The van der Waals surface area contributed by atoms with Gasteiger partial charge in [0.25, 0.3) is 5.91 Å². The number of nitrogens with zero attached hydrogens (tertiary/aromatic N) is 3. The van der Waals surface area contributed by atoms with Gasteiger partial charge < -0.3 is 14.5 Å². The van der Waals surface area contributed by atoms with E-state index in [0.717, 1.165) is 5.69 Å². The van der Waals surface area contributed by atoms with Gasteiger partial charge in [0.1, 0.15) is 12.1 Å². The van der Waals surface area contributed by atoms with E-state index in [1.54, 1.807) is 12.0 Å². The van der Waals surface area contributed by atoms with Crippen molar-refractivity contribution >= 4 is 23.5 Å². The number of carbonyl (C=O) groups excluding carboxylic acids is 3. The van der Waals surface area contributed by atoms with Gasteiger partial charge in [0.05, 0.1) is 6.10 Å². The molecule has 0 radical (unpaired) electrons. The van der Waals surface area contributed by atoms with Gasteiger partial charge >= 0.3 is 6.03 Å². The van der Waals surface area contributed by atoms with Crippen LogP contribution in [0, 0.1) is 0 Å². The van der Waals surface area contributed by atoms with Crippen LogP contribution in [0.5, 0.6) is 0 Å². The van der Waals surface area contributed by atoms with Crippen LogP contribution in [0.15, 0.2) is 30.3 Å². The smallest absolute Gasteiger partial charge is 0.328 e. The molecule has 0 saturated carbocycles. The van der Waals surface area contributed by atoms with Crippen molar-refractivity contribution in [2.24, 2.45) is 0 Å². The zero-order chi connectivity index (χ0) is 16.8. The van der Waals surface area contributed by atoms with Crippen molar-refractivity contribution in [1.82, 2.24) is 9.80 Å². The number of fused-ring (bicyclic) bond motifs is 1. The van der Waals surface area contributed by atoms with Crippen LogP contribution in [0.1, 0.15) is 12.8 Å². The minimum Gasteiger partial charge on any atom is -0.380 e. The van der Waals surface area contributed by atoms with E-state index in [1.165, 1.54) is 9.80 Å². The summed E-state index contributed by atoms with van der Waals surface area (Å²) in [6.45, 7) is 0.918. The summed E-state index contributed by atoms with van der Waals surface area (Å²) >= 11 is 0. The van der Waals surface area contributed by atoms with Gasteiger partial charge in [0, 0.05) is 32.3 Å². The van der Waals surface area contributed by atoms with E-state index in [-0.39, 0.29) is 23.9 Å². The lowest BCUT2D eigenvalue weighted by atomic mass is 10.1. The van der Waals surface area contributed by atoms with Crippen molar-refractivity contribution in [1.29, 1.82) is 0 Å². The second-order valence-corrected chi connectivity index (χ2v) is 6.38. The molecule has 7 nitrogen and oxygen atoms in total. The van der Waals surface area contributed by atoms with Crippen LogP contribution in [0.4, 0.5) is 10.5 Å². The molecular formula is C17H19N3O4. The molecule has 3 aliphatic rings. The lowest BCUT2D eigenvalue weighted by Crippen LogP contribution is -2.47. The largest absolute Gasteiger partial charge is 0.380 e. The first-order valence-corrected chi connectivity index (χ1v) is 8.14. The molecule has 3 saturated heterocycles. The van der Waals surface area contributed by atoms with Gasteiger partial charge in [-0.3, -0.25) is 9.59 Å². The van der Waals surface area contributed by atoms with Crippen molar-refractivity contribution in [2.45, 2.75) is 31.0 Å². The molecule has 3 aliphatic heterocycles. The molecule has 4 rings (SSSR count). The number of benzene rings is 1. The van der Waals surface area contributed by atoms with Gasteiger partial charge in [-0.15, -0.1) is 0 Å². The number of hydrogen-bond donors (Lipinski definition) is 0. The Morgan fingerprint density at radius 3 is 2.46 bits per heavy atom. The van der Waals surface area contributed by atoms with E-state index in [4.69, 9.17) is 4.74 Å². The molecule has 1 aromatic carbocycles. The number of rotatable bonds is 3. The highest BCUT2D eigenvalue weighted by molar-refractivity contribution is 6.11. The van der Waals surface area contributed by atoms with Crippen LogP contribution >= 0.6 is 0 Å². The number of para-hydroxylation sites is 1. The quantitative estimate of drug-likeness (QED) is 0.771. The Bertz CT molecular complexity index is 668. The Labute approximate surface area is 139 Å². The average Bonchev–Trinajstić information content (AvgIpc) is 3.25. The zero-order valence-corrected chi connectivity index (χ0v) is 13.4. The highest BCUT2D eigenvalue weighted by Crippen LogP contribution is 2.33. The van der Waals surface area contributed by atoms with Crippen molar-refractivity contribution < 1.29 is 19.1 Å². The lowest BCUT2D eigenvalue weighted by molar-refractivity contribution is -0.134. The summed E-state index contributed by atoms with van der Waals surface area (Å²) in [4.78, 5) is 42.4. The molecule has 4 amide bonds. The Hall–Kier alpha value is -2.41. The highest BCUT2D eigenvalue weighted by Gasteiger charge is 2.55. The number of methoxy groups -OCH3 is 1. The number of carbonyl (C=O) groups is 3. The Balaban J connectivity index is 1.54. The number of amides is 4. The molecule has 0 unspecified atom stereocenters. The first-order valence-electron chi connectivity index (χ1n) is 8.14. The molecule has 3 atom stereocenters. The number of ether oxygens (including phenoxy) is 1. The Morgan fingerprint density at radius 2 is 1.79 bits per heavy atom. The second kappa shape index (κ2) is 5.59. The molecule has 0 aromatic heterocycles. The number of urea groups is 1. The molecule has 0 bridgehead atoms. The first kappa shape index (κ1) is 15.1. The maximum Gasteiger partial charge on any atom is 0.328 e. The topological polar surface area (TPSA) is 70.2 Å². The van der Waals surface area contributed by atoms with Gasteiger partial charge in [0.2, 0.25) is 5.91 Å². The standard InChI is InChI=1S/C17H19N3O4/c1-24-12-9-14-16(22)20(17(23)19(14)10-12)13-7-8-18(15(13)21)11-5-3-2-4-6-11/h2-6,12-14H,7-10H2,1H3/t12-,13+,14-/m1/s1. The predicted octanol–water partition coefficient (Wildman–Crippen LogP) is 0.843. The predicted molar refractivity (Wildman–Crippen MR) is 85.4 cm³/mol. The van der Waals surface area contributed by atoms with Crippen molar-refractivity contribution in [3.63, 3.8) is 0 Å². The van der Waals surface area contributed by atoms with Gasteiger partial charge in [0.15, 0.2) is 0 Å². The van der Waals surface area contributed by atoms with Crippen molar-refractivity contribution in [3.8, 4) is 0 Å². The molecule has 7 heteroatoms. The third kappa shape index (κ3) is 2.11. The summed E-state index contributed by atoms with van der Waals surface area (Å²) in [5.74, 6) is -0.458. The number of imide groups is 1. The van der Waals surface area contributed by atoms with Crippen LogP contribution in [-0.2, 0) is 14.3 Å². The molecule has 1 aromatic rings. The van der Waals surface area contributed by atoms with E-state index in [9.17, 15) is 14.4 Å². The molecule has 3 fully saturated rings. The van der Waals surface area contributed by atoms with E-state index in [2.05, 4.69) is 0 Å². The summed E-state index contributed by atoms with van der Waals surface area (Å²) in [5, 5.41) is 0. The minimum atomic E-state index is -0.697. The van der Waals surface area contributed by atoms with Crippen LogP contribution in [-0.4, -0.2) is 66.0 Å². The third-order valence-electron chi connectivity index (χ3n) is 5.13. The third-order valence-corrected chi connectivity index (χ3v) is 5.13. The molecule has 0 spiro atoms. The average molecular weight is 329 g/mol. The van der Waals surface area contributed by atoms with Gasteiger partial charge in [-0.25, -0.2) is 9.69 Å². The fourth-order valence-corrected chi connectivity index (χ4v) is 3.86. The van der Waals surface area contributed by atoms with Gasteiger partial charge in [-0.1, -0.05) is 18.2 Å². The van der Waals surface area contributed by atoms with Crippen LogP contribution in [0.2, 0.25) is 0 Å².